The molecule has 3 rings (SSSR count). The fourth-order valence-corrected chi connectivity index (χ4v) is 4.50. The zero-order chi connectivity index (χ0) is 21.0. The molecule has 29 heavy (non-hydrogen) atoms. The van der Waals surface area contributed by atoms with Crippen LogP contribution in [0.3, 0.4) is 0 Å². The van der Waals surface area contributed by atoms with E-state index in [0.717, 1.165) is 18.5 Å². The van der Waals surface area contributed by atoms with Gasteiger partial charge in [0.1, 0.15) is 6.10 Å². The van der Waals surface area contributed by atoms with Crippen molar-refractivity contribution in [2.75, 3.05) is 27.8 Å². The minimum atomic E-state index is -0.900. The van der Waals surface area contributed by atoms with Crippen molar-refractivity contribution in [2.45, 2.75) is 49.7 Å². The predicted molar refractivity (Wildman–Crippen MR) is 107 cm³/mol. The van der Waals surface area contributed by atoms with Gasteiger partial charge in [-0.2, -0.15) is 0 Å². The maximum atomic E-state index is 12.1. The van der Waals surface area contributed by atoms with Crippen molar-refractivity contribution in [3.63, 3.8) is 0 Å². The molecular formula is C22H29NO6. The molecule has 0 saturated carbocycles. The van der Waals surface area contributed by atoms with Gasteiger partial charge in [0.05, 0.1) is 14.2 Å². The predicted octanol–water partition coefficient (Wildman–Crippen LogP) is 2.77. The Morgan fingerprint density at radius 3 is 2.66 bits per heavy atom. The van der Waals surface area contributed by atoms with Crippen LogP contribution in [0.2, 0.25) is 0 Å². The zero-order valence-corrected chi connectivity index (χ0v) is 17.2. The number of carbonyl (C=O) groups is 2. The molecule has 1 aliphatic heterocycles. The van der Waals surface area contributed by atoms with E-state index in [0.29, 0.717) is 24.3 Å². The quantitative estimate of drug-likeness (QED) is 0.528. The van der Waals surface area contributed by atoms with Gasteiger partial charge in [0.2, 0.25) is 0 Å². The van der Waals surface area contributed by atoms with Crippen LogP contribution < -0.4 is 9.47 Å². The Hall–Kier alpha value is -2.54. The van der Waals surface area contributed by atoms with Crippen LogP contribution in [0.25, 0.3) is 0 Å². The summed E-state index contributed by atoms with van der Waals surface area (Å²) in [6, 6.07) is 6.24. The standard InChI is InChI=1S/C22H29NO6/c1-23-12-11-22(15-7-8-17(27-2)18(13-15)28-3)10-9-16(14-19(22)23)29-21(26)6-4-5-20(24)25/h7-10,13,16,19H,4-6,11-12,14H2,1-3H3,(H,24,25)/t16-,19+,22+/m1/s1. The van der Waals surface area contributed by atoms with Crippen molar-refractivity contribution in [3.05, 3.63) is 35.9 Å². The lowest BCUT2D eigenvalue weighted by molar-refractivity contribution is -0.148. The number of nitrogens with zero attached hydrogens (tertiary/aromatic N) is 1. The number of esters is 1. The molecule has 0 bridgehead atoms. The molecule has 158 valence electrons. The van der Waals surface area contributed by atoms with Crippen molar-refractivity contribution in [3.8, 4) is 11.5 Å². The average molecular weight is 403 g/mol. The molecule has 1 aliphatic carbocycles. The average Bonchev–Trinajstić information content (AvgIpc) is 3.04. The van der Waals surface area contributed by atoms with Crippen LogP contribution in [-0.4, -0.2) is 61.9 Å². The second-order valence-corrected chi connectivity index (χ2v) is 7.73. The molecular weight excluding hydrogens is 374 g/mol. The van der Waals surface area contributed by atoms with Gasteiger partial charge in [-0.3, -0.25) is 9.59 Å². The van der Waals surface area contributed by atoms with E-state index in [1.54, 1.807) is 14.2 Å². The number of carbonyl (C=O) groups excluding carboxylic acids is 1. The number of rotatable bonds is 8. The normalized spacial score (nSPS) is 26.0. The maximum absolute atomic E-state index is 12.1. The maximum Gasteiger partial charge on any atom is 0.306 e. The number of aliphatic carboxylic acids is 1. The molecule has 1 fully saturated rings. The SMILES string of the molecule is COc1ccc([C@@]23C=C[C@@H](OC(=O)CCCC(=O)O)C[C@@H]2N(C)CC3)cc1OC. The van der Waals surface area contributed by atoms with Crippen molar-refractivity contribution < 1.29 is 28.9 Å². The summed E-state index contributed by atoms with van der Waals surface area (Å²) in [6.07, 6.45) is 5.91. The first-order chi connectivity index (χ1) is 13.9. The number of likely N-dealkylation sites (N-methyl/N-ethyl adjacent to an activating group) is 1. The summed E-state index contributed by atoms with van der Waals surface area (Å²) in [5.41, 5.74) is 0.993. The van der Waals surface area contributed by atoms with Crippen LogP contribution in [0.15, 0.2) is 30.4 Å². The summed E-state index contributed by atoms with van der Waals surface area (Å²) in [5, 5.41) is 8.70. The highest BCUT2D eigenvalue weighted by Crippen LogP contribution is 2.47. The molecule has 0 aromatic heterocycles. The zero-order valence-electron chi connectivity index (χ0n) is 17.2. The third-order valence-electron chi connectivity index (χ3n) is 6.04. The van der Waals surface area contributed by atoms with E-state index in [1.165, 1.54) is 0 Å². The molecule has 0 amide bonds. The number of likely N-dealkylation sites (tertiary alicyclic amines) is 1. The van der Waals surface area contributed by atoms with Crippen molar-refractivity contribution in [1.82, 2.24) is 4.90 Å². The molecule has 7 heteroatoms. The van der Waals surface area contributed by atoms with Crippen LogP contribution >= 0.6 is 0 Å². The number of benzene rings is 1. The molecule has 1 aromatic rings. The molecule has 0 unspecified atom stereocenters. The van der Waals surface area contributed by atoms with Crippen LogP contribution in [0, 0.1) is 0 Å². The van der Waals surface area contributed by atoms with Crippen LogP contribution in [0.5, 0.6) is 11.5 Å². The third-order valence-corrected chi connectivity index (χ3v) is 6.04. The van der Waals surface area contributed by atoms with Gasteiger partial charge < -0.3 is 24.2 Å². The van der Waals surface area contributed by atoms with E-state index in [2.05, 4.69) is 24.1 Å². The van der Waals surface area contributed by atoms with E-state index in [9.17, 15) is 9.59 Å². The van der Waals surface area contributed by atoms with Gasteiger partial charge >= 0.3 is 11.9 Å². The highest BCUT2D eigenvalue weighted by atomic mass is 16.5. The van der Waals surface area contributed by atoms with Crippen molar-refractivity contribution >= 4 is 11.9 Å². The number of hydrogen-bond donors (Lipinski definition) is 1. The van der Waals surface area contributed by atoms with E-state index < -0.39 is 5.97 Å². The highest BCUT2D eigenvalue weighted by molar-refractivity contribution is 5.71. The van der Waals surface area contributed by atoms with Gasteiger partial charge in [-0.05, 0) is 50.2 Å². The summed E-state index contributed by atoms with van der Waals surface area (Å²) >= 11 is 0. The van der Waals surface area contributed by atoms with Crippen molar-refractivity contribution in [2.24, 2.45) is 0 Å². The minimum Gasteiger partial charge on any atom is -0.493 e. The number of methoxy groups -OCH3 is 2. The molecule has 1 heterocycles. The molecule has 0 spiro atoms. The van der Waals surface area contributed by atoms with Crippen LogP contribution in [0.1, 0.15) is 37.7 Å². The van der Waals surface area contributed by atoms with Crippen molar-refractivity contribution in [1.29, 1.82) is 0 Å². The van der Waals surface area contributed by atoms with E-state index in [1.807, 2.05) is 18.2 Å². The fraction of sp³-hybridized carbons (Fsp3) is 0.545. The summed E-state index contributed by atoms with van der Waals surface area (Å²) in [5.74, 6) is 0.152. The van der Waals surface area contributed by atoms with E-state index >= 15 is 0 Å². The highest BCUT2D eigenvalue weighted by Gasteiger charge is 2.48. The topological polar surface area (TPSA) is 85.3 Å². The summed E-state index contributed by atoms with van der Waals surface area (Å²) in [4.78, 5) is 25.0. The molecule has 7 nitrogen and oxygen atoms in total. The lowest BCUT2D eigenvalue weighted by Crippen LogP contribution is -2.45. The number of carboxylic acids is 1. The molecule has 1 N–H and O–H groups in total. The number of ether oxygens (including phenoxy) is 3. The molecule has 1 aromatic carbocycles. The first-order valence-electron chi connectivity index (χ1n) is 9.93. The summed E-state index contributed by atoms with van der Waals surface area (Å²) < 4.78 is 16.5. The second-order valence-electron chi connectivity index (χ2n) is 7.73. The Morgan fingerprint density at radius 2 is 1.97 bits per heavy atom. The van der Waals surface area contributed by atoms with Crippen LogP contribution in [-0.2, 0) is 19.7 Å². The second kappa shape index (κ2) is 8.86. The first-order valence-corrected chi connectivity index (χ1v) is 9.93. The lowest BCUT2D eigenvalue weighted by Gasteiger charge is -2.40. The molecule has 2 aliphatic rings. The molecule has 3 atom stereocenters. The molecule has 1 saturated heterocycles. The Labute approximate surface area is 171 Å². The van der Waals surface area contributed by atoms with E-state index in [-0.39, 0.29) is 36.4 Å². The molecule has 0 radical (unpaired) electrons. The minimum absolute atomic E-state index is 0.0244. The monoisotopic (exact) mass is 403 g/mol. The van der Waals surface area contributed by atoms with Gasteiger partial charge in [0.15, 0.2) is 11.5 Å². The largest absolute Gasteiger partial charge is 0.493 e. The Balaban J connectivity index is 1.77. The lowest BCUT2D eigenvalue weighted by atomic mass is 9.69. The van der Waals surface area contributed by atoms with Gasteiger partial charge in [-0.25, -0.2) is 0 Å². The van der Waals surface area contributed by atoms with Gasteiger partial charge in [-0.1, -0.05) is 12.1 Å². The third kappa shape index (κ3) is 4.40. The number of fused-ring (bicyclic) bond motifs is 1. The summed E-state index contributed by atoms with van der Waals surface area (Å²) in [7, 11) is 5.35. The Bertz CT molecular complexity index is 792. The first kappa shape index (κ1) is 21.2. The Morgan fingerprint density at radius 1 is 1.21 bits per heavy atom. The number of carboxylic acid groups (broad SMARTS) is 1. The van der Waals surface area contributed by atoms with Gasteiger partial charge in [-0.15, -0.1) is 0 Å². The number of hydrogen-bond acceptors (Lipinski definition) is 6. The van der Waals surface area contributed by atoms with E-state index in [4.69, 9.17) is 19.3 Å². The Kier molecular flexibility index (Phi) is 6.47. The van der Waals surface area contributed by atoms with Gasteiger partial charge in [0.25, 0.3) is 0 Å². The fourth-order valence-electron chi connectivity index (χ4n) is 4.50. The van der Waals surface area contributed by atoms with Gasteiger partial charge in [0, 0.05) is 30.7 Å². The summed E-state index contributed by atoms with van der Waals surface area (Å²) in [6.45, 7) is 0.947. The smallest absolute Gasteiger partial charge is 0.306 e. The van der Waals surface area contributed by atoms with Crippen LogP contribution in [0.4, 0.5) is 0 Å².